The highest BCUT2D eigenvalue weighted by atomic mass is 32.2. The molecule has 1 heterocycles. The fourth-order valence-electron chi connectivity index (χ4n) is 4.81. The molecule has 2 unspecified atom stereocenters. The normalized spacial score (nSPS) is 18.9. The van der Waals surface area contributed by atoms with Crippen molar-refractivity contribution in [2.24, 2.45) is 0 Å². The number of anilines is 1. The number of benzene rings is 3. The number of nitrogens with one attached hydrogen (secondary N) is 1. The molecule has 1 N–H and O–H groups in total. The first-order chi connectivity index (χ1) is 18.3. The summed E-state index contributed by atoms with van der Waals surface area (Å²) in [6.07, 6.45) is 2.09. The van der Waals surface area contributed by atoms with Crippen molar-refractivity contribution in [1.82, 2.24) is 4.72 Å². The smallest absolute Gasteiger partial charge is 0.338 e. The first-order valence-corrected chi connectivity index (χ1v) is 14.6. The summed E-state index contributed by atoms with van der Waals surface area (Å²) >= 11 is 3.07. The maximum Gasteiger partial charge on any atom is 0.338 e. The molecule has 0 aromatic heterocycles. The summed E-state index contributed by atoms with van der Waals surface area (Å²) in [6, 6.07) is 19.5. The molecule has 0 radical (unpaired) electrons. The van der Waals surface area contributed by atoms with Crippen LogP contribution in [0.1, 0.15) is 70.8 Å². The number of carbonyl (C=O) groups is 2. The second-order valence-electron chi connectivity index (χ2n) is 9.61. The predicted molar refractivity (Wildman–Crippen MR) is 154 cm³/mol. The zero-order valence-electron chi connectivity index (χ0n) is 22.1. The van der Waals surface area contributed by atoms with Gasteiger partial charge in [0, 0.05) is 27.4 Å². The first kappa shape index (κ1) is 28.0. The second kappa shape index (κ2) is 12.3. The molecule has 5 nitrogen and oxygen atoms in total. The SMILES string of the molecule is CCCC1(C)CSC(c2ccc(F)cc2)N1c1ccc(C(=O)NSc2ccc(C(=O)OCC)cc2)cc1C. The number of carbonyl (C=O) groups excluding carboxylic acids is 2. The van der Waals surface area contributed by atoms with Gasteiger partial charge in [-0.2, -0.15) is 0 Å². The maximum atomic E-state index is 13.6. The first-order valence-electron chi connectivity index (χ1n) is 12.8. The Labute approximate surface area is 232 Å². The van der Waals surface area contributed by atoms with Crippen molar-refractivity contribution in [3.8, 4) is 0 Å². The number of ether oxygens (including phenoxy) is 1. The molecule has 8 heteroatoms. The maximum absolute atomic E-state index is 13.6. The molecule has 1 amide bonds. The highest BCUT2D eigenvalue weighted by Crippen LogP contribution is 2.51. The number of thioether (sulfide) groups is 1. The molecule has 0 aliphatic carbocycles. The summed E-state index contributed by atoms with van der Waals surface area (Å²) in [7, 11) is 0. The largest absolute Gasteiger partial charge is 0.462 e. The standard InChI is InChI=1S/C30H33FN2O3S2/c1-5-17-30(4)19-37-28(21-7-12-24(31)13-8-21)33(30)26-16-11-23(18-20(26)3)27(34)32-38-25-14-9-22(10-15-25)29(35)36-6-2/h7-16,18,28H,5-6,17,19H2,1-4H3,(H,32,34). The minimum Gasteiger partial charge on any atom is -0.462 e. The Kier molecular flexibility index (Phi) is 9.05. The van der Waals surface area contributed by atoms with Crippen LogP contribution in [0.5, 0.6) is 0 Å². The predicted octanol–water partition coefficient (Wildman–Crippen LogP) is 7.56. The lowest BCUT2D eigenvalue weighted by atomic mass is 9.93. The summed E-state index contributed by atoms with van der Waals surface area (Å²) in [5.41, 5.74) is 4.16. The number of rotatable bonds is 9. The van der Waals surface area contributed by atoms with Gasteiger partial charge in [-0.05, 0) is 105 Å². The topological polar surface area (TPSA) is 58.6 Å². The van der Waals surface area contributed by atoms with E-state index < -0.39 is 0 Å². The lowest BCUT2D eigenvalue weighted by molar-refractivity contribution is 0.0526. The van der Waals surface area contributed by atoms with E-state index in [1.807, 2.05) is 49.0 Å². The van der Waals surface area contributed by atoms with Crippen LogP contribution in [0.4, 0.5) is 10.1 Å². The van der Waals surface area contributed by atoms with Crippen molar-refractivity contribution in [3.05, 3.63) is 94.8 Å². The third-order valence-corrected chi connectivity index (χ3v) is 9.04. The fourth-order valence-corrected chi connectivity index (χ4v) is 7.08. The number of halogens is 1. The van der Waals surface area contributed by atoms with Gasteiger partial charge in [0.25, 0.3) is 5.91 Å². The molecule has 200 valence electrons. The Morgan fingerprint density at radius 2 is 1.76 bits per heavy atom. The monoisotopic (exact) mass is 552 g/mol. The summed E-state index contributed by atoms with van der Waals surface area (Å²) in [5.74, 6) is 0.174. The number of hydrogen-bond donors (Lipinski definition) is 1. The van der Waals surface area contributed by atoms with E-state index in [2.05, 4.69) is 23.5 Å². The van der Waals surface area contributed by atoms with E-state index in [4.69, 9.17) is 4.74 Å². The van der Waals surface area contributed by atoms with Crippen LogP contribution >= 0.6 is 23.7 Å². The van der Waals surface area contributed by atoms with Crippen molar-refractivity contribution in [1.29, 1.82) is 0 Å². The van der Waals surface area contributed by atoms with Crippen LogP contribution in [0.15, 0.2) is 71.6 Å². The van der Waals surface area contributed by atoms with Gasteiger partial charge in [0.2, 0.25) is 0 Å². The third-order valence-electron chi connectivity index (χ3n) is 6.66. The van der Waals surface area contributed by atoms with Crippen molar-refractivity contribution < 1.29 is 18.7 Å². The molecule has 3 aromatic carbocycles. The summed E-state index contributed by atoms with van der Waals surface area (Å²) in [6.45, 7) is 8.61. The van der Waals surface area contributed by atoms with Crippen LogP contribution in [0.25, 0.3) is 0 Å². The van der Waals surface area contributed by atoms with E-state index in [-0.39, 0.29) is 28.6 Å². The Morgan fingerprint density at radius 1 is 1.08 bits per heavy atom. The van der Waals surface area contributed by atoms with Gasteiger partial charge in [-0.15, -0.1) is 11.8 Å². The van der Waals surface area contributed by atoms with Crippen LogP contribution < -0.4 is 9.62 Å². The highest BCUT2D eigenvalue weighted by Gasteiger charge is 2.44. The van der Waals surface area contributed by atoms with E-state index in [1.54, 1.807) is 31.2 Å². The molecule has 1 saturated heterocycles. The van der Waals surface area contributed by atoms with Crippen LogP contribution in [-0.2, 0) is 4.74 Å². The average molecular weight is 553 g/mol. The van der Waals surface area contributed by atoms with Crippen molar-refractivity contribution >= 4 is 41.3 Å². The molecular weight excluding hydrogens is 519 g/mol. The molecule has 38 heavy (non-hydrogen) atoms. The zero-order valence-corrected chi connectivity index (χ0v) is 23.8. The number of aryl methyl sites for hydroxylation is 1. The number of nitrogens with zero attached hydrogens (tertiary/aromatic N) is 1. The van der Waals surface area contributed by atoms with Gasteiger partial charge in [-0.25, -0.2) is 9.18 Å². The highest BCUT2D eigenvalue weighted by molar-refractivity contribution is 8.00. The van der Waals surface area contributed by atoms with Gasteiger partial charge in [0.1, 0.15) is 11.2 Å². The molecule has 3 aromatic rings. The summed E-state index contributed by atoms with van der Waals surface area (Å²) in [5, 5.41) is 0.0682. The van der Waals surface area contributed by atoms with Gasteiger partial charge in [-0.3, -0.25) is 9.52 Å². The Morgan fingerprint density at radius 3 is 2.39 bits per heavy atom. The Hall–Kier alpha value is -2.97. The Bertz CT molecular complexity index is 1280. The quantitative estimate of drug-likeness (QED) is 0.218. The van der Waals surface area contributed by atoms with E-state index >= 15 is 0 Å². The van der Waals surface area contributed by atoms with Gasteiger partial charge in [-0.1, -0.05) is 25.5 Å². The number of hydrogen-bond acceptors (Lipinski definition) is 6. The lowest BCUT2D eigenvalue weighted by Gasteiger charge is -2.40. The minimum atomic E-state index is -0.364. The molecule has 0 saturated carbocycles. The van der Waals surface area contributed by atoms with Crippen LogP contribution in [0, 0.1) is 12.7 Å². The van der Waals surface area contributed by atoms with Crippen LogP contribution in [0.3, 0.4) is 0 Å². The van der Waals surface area contributed by atoms with Crippen molar-refractivity contribution in [3.63, 3.8) is 0 Å². The minimum absolute atomic E-state index is 0.0570. The van der Waals surface area contributed by atoms with E-state index in [0.29, 0.717) is 17.7 Å². The van der Waals surface area contributed by atoms with Gasteiger partial charge >= 0.3 is 5.97 Å². The molecule has 4 rings (SSSR count). The molecule has 2 atom stereocenters. The van der Waals surface area contributed by atoms with Gasteiger partial charge in [0.15, 0.2) is 0 Å². The van der Waals surface area contributed by atoms with E-state index in [9.17, 15) is 14.0 Å². The van der Waals surface area contributed by atoms with E-state index in [0.717, 1.165) is 40.3 Å². The fraction of sp³-hybridized carbons (Fsp3) is 0.333. The summed E-state index contributed by atoms with van der Waals surface area (Å²) in [4.78, 5) is 28.0. The van der Waals surface area contributed by atoms with Crippen LogP contribution in [-0.4, -0.2) is 29.8 Å². The van der Waals surface area contributed by atoms with Crippen LogP contribution in [0.2, 0.25) is 0 Å². The number of esters is 1. The summed E-state index contributed by atoms with van der Waals surface area (Å²) < 4.78 is 21.5. The Balaban J connectivity index is 1.51. The van der Waals surface area contributed by atoms with Gasteiger partial charge in [0.05, 0.1) is 12.2 Å². The molecule has 0 spiro atoms. The van der Waals surface area contributed by atoms with Crippen molar-refractivity contribution in [2.75, 3.05) is 17.3 Å². The molecule has 1 fully saturated rings. The second-order valence-corrected chi connectivity index (χ2v) is 11.6. The van der Waals surface area contributed by atoms with Gasteiger partial charge < -0.3 is 9.64 Å². The van der Waals surface area contributed by atoms with E-state index in [1.165, 1.54) is 24.1 Å². The van der Waals surface area contributed by atoms with Crippen molar-refractivity contribution in [2.45, 2.75) is 56.3 Å². The third kappa shape index (κ3) is 6.18. The zero-order chi connectivity index (χ0) is 27.3. The number of amides is 1. The molecule has 1 aliphatic rings. The average Bonchev–Trinajstić information content (AvgIpc) is 3.24. The molecule has 1 aliphatic heterocycles. The molecule has 0 bridgehead atoms. The lowest BCUT2D eigenvalue weighted by Crippen LogP contribution is -2.44. The molecular formula is C30H33FN2O3S2.